The molecule has 1 aliphatic carbocycles. The van der Waals surface area contributed by atoms with E-state index in [1.165, 1.54) is 17.7 Å². The quantitative estimate of drug-likeness (QED) is 0.932. The van der Waals surface area contributed by atoms with Crippen LogP contribution in [0.3, 0.4) is 0 Å². The van der Waals surface area contributed by atoms with Crippen LogP contribution in [0.15, 0.2) is 18.3 Å². The Labute approximate surface area is 115 Å². The summed E-state index contributed by atoms with van der Waals surface area (Å²) in [6, 6.07) is 4.49. The molecule has 2 aromatic heterocycles. The summed E-state index contributed by atoms with van der Waals surface area (Å²) < 4.78 is 0. The molecule has 1 N–H and O–H groups in total. The van der Waals surface area contributed by atoms with Crippen molar-refractivity contribution in [1.29, 1.82) is 0 Å². The zero-order chi connectivity index (χ0) is 12.5. The predicted molar refractivity (Wildman–Crippen MR) is 75.0 cm³/mol. The number of halogens is 1. The van der Waals surface area contributed by atoms with Crippen LogP contribution in [0.1, 0.15) is 23.4 Å². The normalized spacial score (nSPS) is 15.0. The summed E-state index contributed by atoms with van der Waals surface area (Å²) in [6.07, 6.45) is 4.28. The van der Waals surface area contributed by atoms with E-state index in [9.17, 15) is 0 Å². The predicted octanol–water partition coefficient (Wildman–Crippen LogP) is 3.42. The first-order chi connectivity index (χ1) is 8.72. The first-order valence-electron chi connectivity index (χ1n) is 6.04. The number of pyridine rings is 1. The molecule has 1 fully saturated rings. The summed E-state index contributed by atoms with van der Waals surface area (Å²) in [5.74, 6) is 0. The molecule has 94 valence electrons. The van der Waals surface area contributed by atoms with E-state index >= 15 is 0 Å². The maximum Gasteiger partial charge on any atom is 0.142 e. The van der Waals surface area contributed by atoms with E-state index in [0.29, 0.717) is 5.02 Å². The molecule has 2 heterocycles. The van der Waals surface area contributed by atoms with Crippen LogP contribution in [0.5, 0.6) is 0 Å². The van der Waals surface area contributed by atoms with Crippen molar-refractivity contribution in [2.24, 2.45) is 0 Å². The Morgan fingerprint density at radius 3 is 2.94 bits per heavy atom. The van der Waals surface area contributed by atoms with Crippen LogP contribution in [0.25, 0.3) is 10.7 Å². The van der Waals surface area contributed by atoms with Crippen LogP contribution in [-0.2, 0) is 6.54 Å². The summed E-state index contributed by atoms with van der Waals surface area (Å²) in [6.45, 7) is 2.97. The fourth-order valence-electron chi connectivity index (χ4n) is 1.73. The van der Waals surface area contributed by atoms with Gasteiger partial charge in [-0.1, -0.05) is 11.6 Å². The van der Waals surface area contributed by atoms with Crippen LogP contribution in [0, 0.1) is 6.92 Å². The summed E-state index contributed by atoms with van der Waals surface area (Å²) >= 11 is 7.55. The van der Waals surface area contributed by atoms with Crippen LogP contribution in [-0.4, -0.2) is 16.0 Å². The third kappa shape index (κ3) is 2.71. The minimum Gasteiger partial charge on any atom is -0.309 e. The largest absolute Gasteiger partial charge is 0.309 e. The van der Waals surface area contributed by atoms with Gasteiger partial charge in [0.2, 0.25) is 0 Å². The number of aromatic nitrogens is 2. The molecular formula is C13H14ClN3S. The number of nitrogens with one attached hydrogen (secondary N) is 1. The lowest BCUT2D eigenvalue weighted by Gasteiger charge is -1.99. The van der Waals surface area contributed by atoms with Crippen molar-refractivity contribution in [1.82, 2.24) is 15.3 Å². The van der Waals surface area contributed by atoms with Gasteiger partial charge in [0.1, 0.15) is 5.01 Å². The Morgan fingerprint density at radius 1 is 1.44 bits per heavy atom. The number of rotatable bonds is 4. The highest BCUT2D eigenvalue weighted by atomic mass is 35.5. The zero-order valence-corrected chi connectivity index (χ0v) is 11.7. The summed E-state index contributed by atoms with van der Waals surface area (Å²) in [4.78, 5) is 10.2. The maximum atomic E-state index is 5.84. The van der Waals surface area contributed by atoms with Crippen molar-refractivity contribution in [2.45, 2.75) is 32.4 Å². The lowest BCUT2D eigenvalue weighted by molar-refractivity contribution is 0.691. The molecule has 0 aliphatic heterocycles. The van der Waals surface area contributed by atoms with Gasteiger partial charge in [-0.3, -0.25) is 4.98 Å². The molecule has 0 spiro atoms. The average Bonchev–Trinajstić information content (AvgIpc) is 3.12. The van der Waals surface area contributed by atoms with Gasteiger partial charge in [-0.2, -0.15) is 0 Å². The smallest absolute Gasteiger partial charge is 0.142 e. The molecule has 1 aliphatic rings. The Hall–Kier alpha value is -0.970. The Balaban J connectivity index is 1.79. The van der Waals surface area contributed by atoms with Crippen LogP contribution in [0.4, 0.5) is 0 Å². The lowest BCUT2D eigenvalue weighted by atomic mass is 10.3. The zero-order valence-electron chi connectivity index (χ0n) is 10.1. The second-order valence-electron chi connectivity index (χ2n) is 4.54. The fraction of sp³-hybridized carbons (Fsp3) is 0.385. The topological polar surface area (TPSA) is 37.8 Å². The molecule has 2 aromatic rings. The number of hydrogen-bond donors (Lipinski definition) is 1. The monoisotopic (exact) mass is 279 g/mol. The summed E-state index contributed by atoms with van der Waals surface area (Å²) in [5.41, 5.74) is 1.99. The van der Waals surface area contributed by atoms with Gasteiger partial charge in [-0.15, -0.1) is 11.3 Å². The molecular weight excluding hydrogens is 266 g/mol. The Kier molecular flexibility index (Phi) is 3.33. The van der Waals surface area contributed by atoms with Crippen LogP contribution >= 0.6 is 22.9 Å². The maximum absolute atomic E-state index is 5.84. The first kappa shape index (κ1) is 12.1. The van der Waals surface area contributed by atoms with Gasteiger partial charge in [-0.25, -0.2) is 4.98 Å². The van der Waals surface area contributed by atoms with Crippen molar-refractivity contribution in [3.05, 3.63) is 33.9 Å². The molecule has 5 heteroatoms. The molecule has 0 radical (unpaired) electrons. The highest BCUT2D eigenvalue weighted by Crippen LogP contribution is 2.28. The lowest BCUT2D eigenvalue weighted by Crippen LogP contribution is -2.14. The Morgan fingerprint density at radius 2 is 2.28 bits per heavy atom. The molecule has 0 bridgehead atoms. The van der Waals surface area contributed by atoms with E-state index in [4.69, 9.17) is 11.6 Å². The summed E-state index contributed by atoms with van der Waals surface area (Å²) in [7, 11) is 0. The van der Waals surface area contributed by atoms with Gasteiger partial charge in [0, 0.05) is 23.7 Å². The van der Waals surface area contributed by atoms with Crippen molar-refractivity contribution in [3.8, 4) is 10.7 Å². The highest BCUT2D eigenvalue weighted by Gasteiger charge is 2.21. The molecule has 0 aromatic carbocycles. The minimum atomic E-state index is 0.655. The van der Waals surface area contributed by atoms with Crippen molar-refractivity contribution < 1.29 is 0 Å². The first-order valence-corrected chi connectivity index (χ1v) is 7.23. The number of aryl methyl sites for hydroxylation is 1. The molecule has 18 heavy (non-hydrogen) atoms. The minimum absolute atomic E-state index is 0.655. The van der Waals surface area contributed by atoms with Gasteiger partial charge < -0.3 is 5.32 Å². The molecule has 1 saturated carbocycles. The van der Waals surface area contributed by atoms with E-state index in [1.54, 1.807) is 17.5 Å². The van der Waals surface area contributed by atoms with Gasteiger partial charge in [0.15, 0.2) is 0 Å². The van der Waals surface area contributed by atoms with Gasteiger partial charge >= 0.3 is 0 Å². The van der Waals surface area contributed by atoms with Crippen molar-refractivity contribution in [3.63, 3.8) is 0 Å². The second-order valence-corrected chi connectivity index (χ2v) is 6.06. The van der Waals surface area contributed by atoms with Crippen molar-refractivity contribution >= 4 is 22.9 Å². The standard InChI is InChI=1S/C13H14ClN3S/c1-8-12(7-15-10-3-4-10)18-13(17-8)11-5-2-9(14)6-16-11/h2,5-6,10,15H,3-4,7H2,1H3. The van der Waals surface area contributed by atoms with E-state index in [2.05, 4.69) is 22.2 Å². The molecule has 0 saturated heterocycles. The van der Waals surface area contributed by atoms with Crippen LogP contribution < -0.4 is 5.32 Å². The molecule has 0 amide bonds. The van der Waals surface area contributed by atoms with Gasteiger partial charge in [-0.05, 0) is 31.9 Å². The summed E-state index contributed by atoms with van der Waals surface area (Å²) in [5, 5.41) is 5.14. The molecule has 0 atom stereocenters. The average molecular weight is 280 g/mol. The highest BCUT2D eigenvalue weighted by molar-refractivity contribution is 7.15. The fourth-order valence-corrected chi connectivity index (χ4v) is 2.83. The van der Waals surface area contributed by atoms with Crippen LogP contribution in [0.2, 0.25) is 5.02 Å². The van der Waals surface area contributed by atoms with E-state index in [-0.39, 0.29) is 0 Å². The SMILES string of the molecule is Cc1nc(-c2ccc(Cl)cn2)sc1CNC1CC1. The van der Waals surface area contributed by atoms with E-state index in [1.807, 2.05) is 12.1 Å². The number of hydrogen-bond acceptors (Lipinski definition) is 4. The third-order valence-corrected chi connectivity index (χ3v) is 4.37. The van der Waals surface area contributed by atoms with Crippen molar-refractivity contribution in [2.75, 3.05) is 0 Å². The number of thiazole rings is 1. The second kappa shape index (κ2) is 4.96. The van der Waals surface area contributed by atoms with Gasteiger partial charge in [0.05, 0.1) is 16.4 Å². The Bertz CT molecular complexity index is 546. The van der Waals surface area contributed by atoms with Gasteiger partial charge in [0.25, 0.3) is 0 Å². The van der Waals surface area contributed by atoms with E-state index < -0.39 is 0 Å². The molecule has 3 nitrogen and oxygen atoms in total. The number of nitrogens with zero attached hydrogens (tertiary/aromatic N) is 2. The molecule has 3 rings (SSSR count). The third-order valence-electron chi connectivity index (χ3n) is 2.97. The molecule has 0 unspecified atom stereocenters. The van der Waals surface area contributed by atoms with E-state index in [0.717, 1.165) is 29.0 Å².